The third-order valence-corrected chi connectivity index (χ3v) is 1.90. The number of benzene rings is 1. The van der Waals surface area contributed by atoms with Crippen molar-refractivity contribution in [1.29, 1.82) is 0 Å². The molecule has 0 bridgehead atoms. The Balaban J connectivity index is 2.49. The summed E-state index contributed by atoms with van der Waals surface area (Å²) in [6, 6.07) is 9.94. The summed E-state index contributed by atoms with van der Waals surface area (Å²) in [5.74, 6) is 0.703. The van der Waals surface area contributed by atoms with E-state index in [1.54, 1.807) is 6.20 Å². The normalized spacial score (nSPS) is 10.2. The Labute approximate surface area is 81.1 Å². The lowest BCUT2D eigenvalue weighted by Gasteiger charge is -2.02. The number of rotatable bonds is 2. The lowest BCUT2D eigenvalue weighted by atomic mass is 10.2. The molecular weight excluding hydrogens is 186 g/mol. The van der Waals surface area contributed by atoms with Crippen LogP contribution in [0.25, 0.3) is 10.9 Å². The second-order valence-electron chi connectivity index (χ2n) is 2.62. The zero-order chi connectivity index (χ0) is 9.10. The lowest BCUT2D eigenvalue weighted by molar-refractivity contribution is 0.387. The number of ether oxygens (including phenoxy) is 1. The Kier molecular flexibility index (Phi) is 2.32. The highest BCUT2D eigenvalue weighted by molar-refractivity contribution is 6.17. The van der Waals surface area contributed by atoms with Crippen molar-refractivity contribution in [1.82, 2.24) is 4.98 Å². The molecule has 0 N–H and O–H groups in total. The van der Waals surface area contributed by atoms with Gasteiger partial charge in [0.1, 0.15) is 5.75 Å². The predicted octanol–water partition coefficient (Wildman–Crippen LogP) is 2.81. The van der Waals surface area contributed by atoms with Crippen LogP contribution < -0.4 is 4.74 Å². The van der Waals surface area contributed by atoms with Crippen LogP contribution in [0.5, 0.6) is 5.75 Å². The van der Waals surface area contributed by atoms with Gasteiger partial charge < -0.3 is 4.74 Å². The van der Waals surface area contributed by atoms with E-state index in [1.165, 1.54) is 0 Å². The van der Waals surface area contributed by atoms with Gasteiger partial charge in [0.05, 0.1) is 11.7 Å². The van der Waals surface area contributed by atoms with Crippen molar-refractivity contribution in [2.75, 3.05) is 6.07 Å². The fourth-order valence-electron chi connectivity index (χ4n) is 1.19. The van der Waals surface area contributed by atoms with E-state index in [-0.39, 0.29) is 6.07 Å². The van der Waals surface area contributed by atoms with E-state index in [9.17, 15) is 0 Å². The summed E-state index contributed by atoms with van der Waals surface area (Å²) in [7, 11) is 0. The number of pyridine rings is 1. The molecule has 0 aliphatic rings. The van der Waals surface area contributed by atoms with Crippen LogP contribution in [0.15, 0.2) is 36.5 Å². The van der Waals surface area contributed by atoms with Crippen LogP contribution in [-0.4, -0.2) is 11.1 Å². The van der Waals surface area contributed by atoms with Gasteiger partial charge in [-0.2, -0.15) is 0 Å². The number of nitrogens with zero attached hydrogens (tertiary/aromatic N) is 1. The van der Waals surface area contributed by atoms with E-state index in [0.29, 0.717) is 5.75 Å². The molecule has 1 aromatic heterocycles. The van der Waals surface area contributed by atoms with Crippen LogP contribution in [0.4, 0.5) is 0 Å². The number of halogens is 1. The number of alkyl halides is 1. The Bertz CT molecular complexity index is 416. The molecule has 0 saturated carbocycles. The molecule has 13 heavy (non-hydrogen) atoms. The van der Waals surface area contributed by atoms with Gasteiger partial charge >= 0.3 is 0 Å². The third-order valence-electron chi connectivity index (χ3n) is 1.79. The topological polar surface area (TPSA) is 22.1 Å². The van der Waals surface area contributed by atoms with Crippen molar-refractivity contribution in [2.45, 2.75) is 0 Å². The molecular formula is C10H8ClNO. The quantitative estimate of drug-likeness (QED) is 0.685. The second-order valence-corrected chi connectivity index (χ2v) is 2.84. The maximum atomic E-state index is 5.44. The SMILES string of the molecule is ClCOc1cnc2ccccc2c1. The number of para-hydroxylation sites is 1. The summed E-state index contributed by atoms with van der Waals surface area (Å²) in [6.45, 7) is 0. The minimum atomic E-state index is 0.153. The van der Waals surface area contributed by atoms with Crippen molar-refractivity contribution in [3.63, 3.8) is 0 Å². The Morgan fingerprint density at radius 1 is 1.31 bits per heavy atom. The van der Waals surface area contributed by atoms with Gasteiger partial charge in [0.2, 0.25) is 0 Å². The van der Waals surface area contributed by atoms with Crippen LogP contribution in [0.3, 0.4) is 0 Å². The van der Waals surface area contributed by atoms with Gasteiger partial charge in [-0.1, -0.05) is 29.8 Å². The first-order valence-electron chi connectivity index (χ1n) is 3.94. The van der Waals surface area contributed by atoms with E-state index < -0.39 is 0 Å². The van der Waals surface area contributed by atoms with Crippen molar-refractivity contribution >= 4 is 22.5 Å². The van der Waals surface area contributed by atoms with Crippen molar-refractivity contribution in [2.24, 2.45) is 0 Å². The molecule has 1 heterocycles. The highest BCUT2D eigenvalue weighted by atomic mass is 35.5. The van der Waals surface area contributed by atoms with Crippen LogP contribution in [0.2, 0.25) is 0 Å². The van der Waals surface area contributed by atoms with Crippen molar-refractivity contribution in [3.8, 4) is 5.75 Å². The van der Waals surface area contributed by atoms with Gasteiger partial charge in [-0.15, -0.1) is 0 Å². The van der Waals surface area contributed by atoms with Gasteiger partial charge in [-0.25, -0.2) is 0 Å². The molecule has 0 saturated heterocycles. The number of hydrogen-bond donors (Lipinski definition) is 0. The molecule has 3 heteroatoms. The van der Waals surface area contributed by atoms with Gasteiger partial charge in [0.25, 0.3) is 0 Å². The van der Waals surface area contributed by atoms with E-state index in [4.69, 9.17) is 16.3 Å². The van der Waals surface area contributed by atoms with E-state index >= 15 is 0 Å². The van der Waals surface area contributed by atoms with Crippen LogP contribution in [0.1, 0.15) is 0 Å². The fourth-order valence-corrected chi connectivity index (χ4v) is 1.32. The monoisotopic (exact) mass is 193 g/mol. The Morgan fingerprint density at radius 3 is 3.00 bits per heavy atom. The molecule has 0 aliphatic carbocycles. The Morgan fingerprint density at radius 2 is 2.15 bits per heavy atom. The lowest BCUT2D eigenvalue weighted by Crippen LogP contribution is -1.89. The van der Waals surface area contributed by atoms with Gasteiger partial charge in [0.15, 0.2) is 6.07 Å². The van der Waals surface area contributed by atoms with E-state index in [1.807, 2.05) is 30.3 Å². The molecule has 66 valence electrons. The highest BCUT2D eigenvalue weighted by Crippen LogP contribution is 2.17. The molecule has 0 fully saturated rings. The summed E-state index contributed by atoms with van der Waals surface area (Å²) in [5.41, 5.74) is 0.962. The first-order chi connectivity index (χ1) is 6.40. The first-order valence-corrected chi connectivity index (χ1v) is 4.47. The molecule has 2 rings (SSSR count). The number of hydrogen-bond acceptors (Lipinski definition) is 2. The van der Waals surface area contributed by atoms with Gasteiger partial charge in [0, 0.05) is 5.39 Å². The molecule has 0 unspecified atom stereocenters. The standard InChI is InChI=1S/C10H8ClNO/c11-7-13-9-5-8-3-1-2-4-10(8)12-6-9/h1-6H,7H2. The summed E-state index contributed by atoms with van der Waals surface area (Å²) in [5, 5.41) is 1.06. The largest absolute Gasteiger partial charge is 0.476 e. The van der Waals surface area contributed by atoms with Crippen molar-refractivity contribution < 1.29 is 4.74 Å². The minimum Gasteiger partial charge on any atom is -0.476 e. The summed E-state index contributed by atoms with van der Waals surface area (Å²) in [6.07, 6.45) is 1.67. The summed E-state index contributed by atoms with van der Waals surface area (Å²) >= 11 is 5.44. The maximum Gasteiger partial charge on any atom is 0.162 e. The van der Waals surface area contributed by atoms with Gasteiger partial charge in [-0.3, -0.25) is 4.98 Å². The van der Waals surface area contributed by atoms with Crippen LogP contribution in [-0.2, 0) is 0 Å². The molecule has 0 amide bonds. The average molecular weight is 194 g/mol. The molecule has 0 spiro atoms. The minimum absolute atomic E-state index is 0.153. The molecule has 0 radical (unpaired) electrons. The third kappa shape index (κ3) is 1.73. The molecule has 1 aromatic carbocycles. The average Bonchev–Trinajstić information content (AvgIpc) is 2.18. The van der Waals surface area contributed by atoms with Crippen LogP contribution >= 0.6 is 11.6 Å². The van der Waals surface area contributed by atoms with Crippen molar-refractivity contribution in [3.05, 3.63) is 36.5 Å². The number of aromatic nitrogens is 1. The molecule has 0 aliphatic heterocycles. The molecule has 0 atom stereocenters. The number of fused-ring (bicyclic) bond motifs is 1. The zero-order valence-electron chi connectivity index (χ0n) is 6.90. The summed E-state index contributed by atoms with van der Waals surface area (Å²) < 4.78 is 5.12. The fraction of sp³-hybridized carbons (Fsp3) is 0.100. The first kappa shape index (κ1) is 8.32. The molecule has 2 aromatic rings. The highest BCUT2D eigenvalue weighted by Gasteiger charge is 1.96. The zero-order valence-corrected chi connectivity index (χ0v) is 7.66. The van der Waals surface area contributed by atoms with E-state index in [0.717, 1.165) is 10.9 Å². The summed E-state index contributed by atoms with van der Waals surface area (Å²) in [4.78, 5) is 4.22. The Hall–Kier alpha value is -1.28. The smallest absolute Gasteiger partial charge is 0.162 e. The second kappa shape index (κ2) is 3.62. The predicted molar refractivity (Wildman–Crippen MR) is 53.1 cm³/mol. The molecule has 2 nitrogen and oxygen atoms in total. The van der Waals surface area contributed by atoms with Gasteiger partial charge in [-0.05, 0) is 12.1 Å². The van der Waals surface area contributed by atoms with Crippen LogP contribution in [0, 0.1) is 0 Å². The van der Waals surface area contributed by atoms with E-state index in [2.05, 4.69) is 4.98 Å². The maximum absolute atomic E-state index is 5.44.